The van der Waals surface area contributed by atoms with Crippen LogP contribution in [0, 0.1) is 0 Å². The maximum atomic E-state index is 12.4. The lowest BCUT2D eigenvalue weighted by Gasteiger charge is -2.08. The molecule has 5 aromatic rings. The Kier molecular flexibility index (Phi) is 5.14. The van der Waals surface area contributed by atoms with Crippen molar-refractivity contribution < 1.29 is 9.90 Å². The molecular weight excluding hydrogens is 398 g/mol. The molecule has 4 aromatic carbocycles. The smallest absolute Gasteiger partial charge is 0.271 e. The van der Waals surface area contributed by atoms with Gasteiger partial charge in [0.05, 0.1) is 6.21 Å². The predicted molar refractivity (Wildman–Crippen MR) is 128 cm³/mol. The minimum absolute atomic E-state index is 0.187. The SMILES string of the molecule is O=C(N/N=C/c1ccc(O)cc1)c1ccc(Cn2c3ccccc3c3ccccc32)cc1. The third-order valence-electron chi connectivity index (χ3n) is 5.51. The van der Waals surface area contributed by atoms with Gasteiger partial charge in [0.25, 0.3) is 5.91 Å². The Morgan fingerprint density at radius 3 is 2.03 bits per heavy atom. The van der Waals surface area contributed by atoms with Crippen molar-refractivity contribution in [3.63, 3.8) is 0 Å². The second kappa shape index (κ2) is 8.40. The number of benzene rings is 4. The van der Waals surface area contributed by atoms with Crippen LogP contribution in [0.1, 0.15) is 21.5 Å². The standard InChI is InChI=1S/C27H21N3O2/c31-22-15-11-19(12-16-22)17-28-29-27(32)21-13-9-20(10-14-21)18-30-25-7-3-1-5-23(25)24-6-2-4-8-26(24)30/h1-17,31H,18H2,(H,29,32)/b28-17+. The molecule has 0 atom stereocenters. The highest BCUT2D eigenvalue weighted by atomic mass is 16.3. The van der Waals surface area contributed by atoms with Gasteiger partial charge < -0.3 is 9.67 Å². The first kappa shape index (κ1) is 19.6. The Labute approximate surface area is 185 Å². The topological polar surface area (TPSA) is 66.6 Å². The Morgan fingerprint density at radius 2 is 1.41 bits per heavy atom. The largest absolute Gasteiger partial charge is 0.508 e. The number of fused-ring (bicyclic) bond motifs is 3. The molecule has 0 saturated carbocycles. The number of rotatable bonds is 5. The summed E-state index contributed by atoms with van der Waals surface area (Å²) in [5, 5.41) is 15.8. The summed E-state index contributed by atoms with van der Waals surface area (Å²) in [7, 11) is 0. The van der Waals surface area contributed by atoms with Gasteiger partial charge in [-0.3, -0.25) is 4.79 Å². The first-order valence-corrected chi connectivity index (χ1v) is 10.4. The van der Waals surface area contributed by atoms with Gasteiger partial charge in [-0.25, -0.2) is 5.43 Å². The van der Waals surface area contributed by atoms with Crippen LogP contribution in [0.15, 0.2) is 102 Å². The van der Waals surface area contributed by atoms with E-state index in [1.54, 1.807) is 24.3 Å². The number of phenolic OH excluding ortho intramolecular Hbond substituents is 1. The molecular formula is C27H21N3O2. The third-order valence-corrected chi connectivity index (χ3v) is 5.51. The number of carbonyl (C=O) groups is 1. The van der Waals surface area contributed by atoms with Crippen LogP contribution in [0.5, 0.6) is 5.75 Å². The van der Waals surface area contributed by atoms with E-state index in [0.717, 1.165) is 17.7 Å². The van der Waals surface area contributed by atoms with Crippen LogP contribution in [-0.4, -0.2) is 21.8 Å². The summed E-state index contributed by atoms with van der Waals surface area (Å²) >= 11 is 0. The second-order valence-electron chi connectivity index (χ2n) is 7.61. The highest BCUT2D eigenvalue weighted by Crippen LogP contribution is 2.29. The number of hydrazone groups is 1. The number of phenols is 1. The Morgan fingerprint density at radius 1 is 0.812 bits per heavy atom. The normalized spacial score (nSPS) is 11.4. The molecule has 5 rings (SSSR count). The molecule has 1 heterocycles. The van der Waals surface area contributed by atoms with Crippen molar-refractivity contribution in [3.05, 3.63) is 114 Å². The first-order chi connectivity index (χ1) is 15.7. The number of hydrogen-bond donors (Lipinski definition) is 2. The van der Waals surface area contributed by atoms with E-state index in [-0.39, 0.29) is 11.7 Å². The minimum atomic E-state index is -0.275. The van der Waals surface area contributed by atoms with E-state index in [2.05, 4.69) is 63.6 Å². The molecule has 0 radical (unpaired) electrons. The summed E-state index contributed by atoms with van der Waals surface area (Å²) in [6.45, 7) is 0.717. The number of aromatic nitrogens is 1. The van der Waals surface area contributed by atoms with Crippen LogP contribution >= 0.6 is 0 Å². The number of nitrogens with zero attached hydrogens (tertiary/aromatic N) is 2. The van der Waals surface area contributed by atoms with Gasteiger partial charge >= 0.3 is 0 Å². The summed E-state index contributed by atoms with van der Waals surface area (Å²) in [6, 6.07) is 31.0. The van der Waals surface area contributed by atoms with E-state index < -0.39 is 0 Å². The van der Waals surface area contributed by atoms with E-state index in [1.807, 2.05) is 24.3 Å². The maximum Gasteiger partial charge on any atom is 0.271 e. The molecule has 5 heteroatoms. The van der Waals surface area contributed by atoms with Crippen molar-refractivity contribution in [1.29, 1.82) is 0 Å². The highest BCUT2D eigenvalue weighted by Gasteiger charge is 2.10. The maximum absolute atomic E-state index is 12.4. The summed E-state index contributed by atoms with van der Waals surface area (Å²) in [5.41, 5.74) is 7.36. The van der Waals surface area contributed by atoms with Crippen LogP contribution in [0.3, 0.4) is 0 Å². The fourth-order valence-corrected chi connectivity index (χ4v) is 3.91. The fourth-order valence-electron chi connectivity index (χ4n) is 3.91. The van der Waals surface area contributed by atoms with Gasteiger partial charge in [-0.15, -0.1) is 0 Å². The van der Waals surface area contributed by atoms with Gasteiger partial charge in [0.1, 0.15) is 5.75 Å². The average molecular weight is 419 g/mol. The van der Waals surface area contributed by atoms with Crippen LogP contribution in [-0.2, 0) is 6.54 Å². The molecule has 0 aliphatic rings. The van der Waals surface area contributed by atoms with E-state index in [4.69, 9.17) is 0 Å². The fraction of sp³-hybridized carbons (Fsp3) is 0.0370. The number of aromatic hydroxyl groups is 1. The van der Waals surface area contributed by atoms with Crippen molar-refractivity contribution in [2.75, 3.05) is 0 Å². The van der Waals surface area contributed by atoms with Gasteiger partial charge in [-0.1, -0.05) is 48.5 Å². The van der Waals surface area contributed by atoms with E-state index in [1.165, 1.54) is 28.0 Å². The molecule has 0 aliphatic heterocycles. The lowest BCUT2D eigenvalue weighted by Crippen LogP contribution is -2.17. The zero-order chi connectivity index (χ0) is 21.9. The van der Waals surface area contributed by atoms with Crippen LogP contribution in [0.25, 0.3) is 21.8 Å². The molecule has 156 valence electrons. The summed E-state index contributed by atoms with van der Waals surface area (Å²) < 4.78 is 2.31. The first-order valence-electron chi connectivity index (χ1n) is 10.4. The minimum Gasteiger partial charge on any atom is -0.508 e. The Bertz CT molecular complexity index is 1380. The van der Waals surface area contributed by atoms with E-state index in [9.17, 15) is 9.90 Å². The molecule has 0 aliphatic carbocycles. The van der Waals surface area contributed by atoms with Crippen molar-refractivity contribution in [2.45, 2.75) is 6.54 Å². The number of amides is 1. The number of nitrogens with one attached hydrogen (secondary N) is 1. The molecule has 1 aromatic heterocycles. The summed E-state index contributed by atoms with van der Waals surface area (Å²) in [4.78, 5) is 12.4. The summed E-state index contributed by atoms with van der Waals surface area (Å²) in [6.07, 6.45) is 1.54. The van der Waals surface area contributed by atoms with E-state index >= 15 is 0 Å². The number of para-hydroxylation sites is 2. The van der Waals surface area contributed by atoms with Crippen molar-refractivity contribution in [1.82, 2.24) is 9.99 Å². The Hall–Kier alpha value is -4.38. The van der Waals surface area contributed by atoms with Crippen LogP contribution in [0.2, 0.25) is 0 Å². The molecule has 0 bridgehead atoms. The monoisotopic (exact) mass is 419 g/mol. The predicted octanol–water partition coefficient (Wildman–Crippen LogP) is 5.31. The molecule has 32 heavy (non-hydrogen) atoms. The quantitative estimate of drug-likeness (QED) is 0.299. The molecule has 0 unspecified atom stereocenters. The molecule has 1 amide bonds. The number of hydrogen-bond acceptors (Lipinski definition) is 3. The lowest BCUT2D eigenvalue weighted by atomic mass is 10.1. The van der Waals surface area contributed by atoms with Gasteiger partial charge in [-0.05, 0) is 59.7 Å². The second-order valence-corrected chi connectivity index (χ2v) is 7.61. The lowest BCUT2D eigenvalue weighted by molar-refractivity contribution is 0.0955. The molecule has 0 fully saturated rings. The van der Waals surface area contributed by atoms with Gasteiger partial charge in [0.15, 0.2) is 0 Å². The molecule has 0 spiro atoms. The molecule has 0 saturated heterocycles. The Balaban J connectivity index is 1.33. The van der Waals surface area contributed by atoms with Crippen molar-refractivity contribution >= 4 is 33.9 Å². The highest BCUT2D eigenvalue weighted by molar-refractivity contribution is 6.08. The van der Waals surface area contributed by atoms with Gasteiger partial charge in [0.2, 0.25) is 0 Å². The van der Waals surface area contributed by atoms with Crippen molar-refractivity contribution in [2.24, 2.45) is 5.10 Å². The van der Waals surface area contributed by atoms with Crippen LogP contribution in [0.4, 0.5) is 0 Å². The molecule has 5 nitrogen and oxygen atoms in total. The average Bonchev–Trinajstić information content (AvgIpc) is 3.15. The zero-order valence-corrected chi connectivity index (χ0v) is 17.3. The summed E-state index contributed by atoms with van der Waals surface area (Å²) in [5.74, 6) is -0.0874. The van der Waals surface area contributed by atoms with Crippen molar-refractivity contribution in [3.8, 4) is 5.75 Å². The zero-order valence-electron chi connectivity index (χ0n) is 17.3. The third kappa shape index (κ3) is 3.84. The van der Waals surface area contributed by atoms with Gasteiger partial charge in [-0.2, -0.15) is 5.10 Å². The molecule has 2 N–H and O–H groups in total. The van der Waals surface area contributed by atoms with E-state index in [0.29, 0.717) is 5.56 Å². The number of carbonyl (C=O) groups excluding carboxylic acids is 1. The van der Waals surface area contributed by atoms with Crippen LogP contribution < -0.4 is 5.43 Å². The van der Waals surface area contributed by atoms with Gasteiger partial charge in [0, 0.05) is 33.9 Å².